The third-order valence-corrected chi connectivity index (χ3v) is 5.65. The average Bonchev–Trinajstić information content (AvgIpc) is 2.80. The van der Waals surface area contributed by atoms with Gasteiger partial charge in [-0.3, -0.25) is 9.59 Å². The number of nitrogens with zero attached hydrogens (tertiary/aromatic N) is 2. The molecule has 1 heterocycles. The summed E-state index contributed by atoms with van der Waals surface area (Å²) in [5.74, 6) is -0.470. The summed E-state index contributed by atoms with van der Waals surface area (Å²) in [6.07, 6.45) is 1.67. The van der Waals surface area contributed by atoms with Gasteiger partial charge in [-0.25, -0.2) is 4.79 Å². The van der Waals surface area contributed by atoms with E-state index in [1.807, 2.05) is 37.3 Å². The van der Waals surface area contributed by atoms with Crippen molar-refractivity contribution >= 4 is 23.5 Å². The fraction of sp³-hybridized carbons (Fsp3) is 0.360. The number of likely N-dealkylation sites (tertiary alicyclic amines) is 1. The van der Waals surface area contributed by atoms with Crippen LogP contribution in [0.5, 0.6) is 0 Å². The van der Waals surface area contributed by atoms with Crippen LogP contribution < -0.4 is 16.0 Å². The molecule has 172 valence electrons. The number of urea groups is 1. The smallest absolute Gasteiger partial charge is 0.321 e. The molecule has 0 unspecified atom stereocenters. The minimum atomic E-state index is -0.650. The second-order valence-corrected chi connectivity index (χ2v) is 8.33. The van der Waals surface area contributed by atoms with Crippen molar-refractivity contribution in [1.82, 2.24) is 15.5 Å². The van der Waals surface area contributed by atoms with E-state index in [4.69, 9.17) is 5.26 Å². The Balaban J connectivity index is 1.50. The SMILES string of the molecule is CC(=O)N[C@H](Cc1ccc(C)cc1)C(=O)NC1CCN(C(=O)Nc2ccc(C#N)cc2)CC1. The Kier molecular flexibility index (Phi) is 8.03. The monoisotopic (exact) mass is 447 g/mol. The third kappa shape index (κ3) is 7.07. The Morgan fingerprint density at radius 1 is 1.06 bits per heavy atom. The zero-order valence-corrected chi connectivity index (χ0v) is 18.9. The highest BCUT2D eigenvalue weighted by atomic mass is 16.2. The standard InChI is InChI=1S/C25H29N5O3/c1-17-3-5-19(6-4-17)15-23(27-18(2)31)24(32)28-22-11-13-30(14-12-22)25(33)29-21-9-7-20(16-26)8-10-21/h3-10,22-23H,11-15H2,1-2H3,(H,27,31)(H,28,32)(H,29,33)/t23-/m1/s1. The number of rotatable bonds is 6. The molecular weight excluding hydrogens is 418 g/mol. The lowest BCUT2D eigenvalue weighted by Gasteiger charge is -2.33. The Morgan fingerprint density at radius 3 is 2.27 bits per heavy atom. The lowest BCUT2D eigenvalue weighted by molar-refractivity contribution is -0.128. The molecule has 3 rings (SSSR count). The maximum absolute atomic E-state index is 12.9. The van der Waals surface area contributed by atoms with Crippen LogP contribution in [0.15, 0.2) is 48.5 Å². The molecule has 8 nitrogen and oxygen atoms in total. The van der Waals surface area contributed by atoms with Crippen molar-refractivity contribution in [3.05, 3.63) is 65.2 Å². The molecular formula is C25H29N5O3. The Morgan fingerprint density at radius 2 is 1.70 bits per heavy atom. The number of nitrogens with one attached hydrogen (secondary N) is 3. The van der Waals surface area contributed by atoms with Gasteiger partial charge in [0, 0.05) is 38.2 Å². The molecule has 1 fully saturated rings. The third-order valence-electron chi connectivity index (χ3n) is 5.65. The lowest BCUT2D eigenvalue weighted by Crippen LogP contribution is -2.53. The van der Waals surface area contributed by atoms with Gasteiger partial charge >= 0.3 is 6.03 Å². The van der Waals surface area contributed by atoms with Crippen LogP contribution in [0.2, 0.25) is 0 Å². The number of benzene rings is 2. The van der Waals surface area contributed by atoms with Crippen LogP contribution in [-0.4, -0.2) is 47.9 Å². The van der Waals surface area contributed by atoms with Crippen LogP contribution >= 0.6 is 0 Å². The first-order valence-corrected chi connectivity index (χ1v) is 11.0. The van der Waals surface area contributed by atoms with E-state index in [1.54, 1.807) is 29.2 Å². The molecule has 1 aliphatic rings. The Bertz CT molecular complexity index is 1020. The van der Waals surface area contributed by atoms with Crippen molar-refractivity contribution in [3.63, 3.8) is 0 Å². The molecule has 33 heavy (non-hydrogen) atoms. The molecule has 0 spiro atoms. The predicted molar refractivity (Wildman–Crippen MR) is 125 cm³/mol. The first kappa shape index (κ1) is 23.8. The molecule has 3 N–H and O–H groups in total. The molecule has 0 aliphatic carbocycles. The van der Waals surface area contributed by atoms with Gasteiger partial charge in [0.25, 0.3) is 0 Å². The number of hydrogen-bond donors (Lipinski definition) is 3. The summed E-state index contributed by atoms with van der Waals surface area (Å²) in [6, 6.07) is 15.7. The second-order valence-electron chi connectivity index (χ2n) is 8.33. The maximum atomic E-state index is 12.9. The number of carbonyl (C=O) groups excluding carboxylic acids is 3. The minimum absolute atomic E-state index is 0.0641. The fourth-order valence-electron chi connectivity index (χ4n) is 3.77. The van der Waals surface area contributed by atoms with Crippen molar-refractivity contribution in [1.29, 1.82) is 5.26 Å². The van der Waals surface area contributed by atoms with Crippen molar-refractivity contribution in [3.8, 4) is 6.07 Å². The summed E-state index contributed by atoms with van der Waals surface area (Å²) >= 11 is 0. The zero-order valence-electron chi connectivity index (χ0n) is 18.9. The van der Waals surface area contributed by atoms with E-state index in [9.17, 15) is 14.4 Å². The topological polar surface area (TPSA) is 114 Å². The summed E-state index contributed by atoms with van der Waals surface area (Å²) in [4.78, 5) is 38.8. The molecule has 0 saturated carbocycles. The summed E-state index contributed by atoms with van der Waals surface area (Å²) in [6.45, 7) is 4.42. The summed E-state index contributed by atoms with van der Waals surface area (Å²) in [7, 11) is 0. The van der Waals surface area contributed by atoms with Gasteiger partial charge in [-0.05, 0) is 49.6 Å². The van der Waals surface area contributed by atoms with E-state index in [1.165, 1.54) is 6.92 Å². The number of aryl methyl sites for hydroxylation is 1. The van der Waals surface area contributed by atoms with Gasteiger partial charge < -0.3 is 20.9 Å². The van der Waals surface area contributed by atoms with Gasteiger partial charge in [-0.15, -0.1) is 0 Å². The van der Waals surface area contributed by atoms with Crippen LogP contribution in [-0.2, 0) is 16.0 Å². The number of carbonyl (C=O) groups is 3. The van der Waals surface area contributed by atoms with Crippen molar-refractivity contribution in [2.45, 2.75) is 45.2 Å². The van der Waals surface area contributed by atoms with Crippen LogP contribution in [0.3, 0.4) is 0 Å². The second kappa shape index (κ2) is 11.1. The van der Waals surface area contributed by atoms with E-state index in [0.29, 0.717) is 43.6 Å². The number of amides is 4. The first-order chi connectivity index (χ1) is 15.8. The lowest BCUT2D eigenvalue weighted by atomic mass is 10.0. The Labute approximate surface area is 194 Å². The number of nitriles is 1. The van der Waals surface area contributed by atoms with E-state index in [-0.39, 0.29) is 23.9 Å². The van der Waals surface area contributed by atoms with Gasteiger partial charge in [0.15, 0.2) is 0 Å². The van der Waals surface area contributed by atoms with E-state index in [2.05, 4.69) is 16.0 Å². The molecule has 8 heteroatoms. The number of hydrogen-bond acceptors (Lipinski definition) is 4. The van der Waals surface area contributed by atoms with Gasteiger partial charge in [-0.2, -0.15) is 5.26 Å². The highest BCUT2D eigenvalue weighted by molar-refractivity contribution is 5.89. The summed E-state index contributed by atoms with van der Waals surface area (Å²) < 4.78 is 0. The number of piperidine rings is 1. The zero-order chi connectivity index (χ0) is 23.8. The quantitative estimate of drug-likeness (QED) is 0.632. The van der Waals surface area contributed by atoms with Crippen LogP contribution in [0, 0.1) is 18.3 Å². The van der Waals surface area contributed by atoms with E-state index >= 15 is 0 Å². The maximum Gasteiger partial charge on any atom is 0.321 e. The molecule has 2 aromatic carbocycles. The van der Waals surface area contributed by atoms with Crippen LogP contribution in [0.25, 0.3) is 0 Å². The molecule has 0 aromatic heterocycles. The van der Waals surface area contributed by atoms with Gasteiger partial charge in [0.1, 0.15) is 6.04 Å². The normalized spacial score (nSPS) is 14.6. The van der Waals surface area contributed by atoms with Gasteiger partial charge in [-0.1, -0.05) is 29.8 Å². The van der Waals surface area contributed by atoms with E-state index in [0.717, 1.165) is 11.1 Å². The molecule has 1 saturated heterocycles. The summed E-state index contributed by atoms with van der Waals surface area (Å²) in [5.41, 5.74) is 3.27. The van der Waals surface area contributed by atoms with Gasteiger partial charge in [0.05, 0.1) is 11.6 Å². The first-order valence-electron chi connectivity index (χ1n) is 11.0. The van der Waals surface area contributed by atoms with Gasteiger partial charge in [0.2, 0.25) is 11.8 Å². The molecule has 0 radical (unpaired) electrons. The molecule has 1 aliphatic heterocycles. The number of anilines is 1. The van der Waals surface area contributed by atoms with Crippen LogP contribution in [0.1, 0.15) is 36.5 Å². The highest BCUT2D eigenvalue weighted by Gasteiger charge is 2.27. The summed E-state index contributed by atoms with van der Waals surface area (Å²) in [5, 5.41) is 17.5. The van der Waals surface area contributed by atoms with Crippen LogP contribution in [0.4, 0.5) is 10.5 Å². The molecule has 0 bridgehead atoms. The molecule has 2 aromatic rings. The van der Waals surface area contributed by atoms with Crippen molar-refractivity contribution < 1.29 is 14.4 Å². The largest absolute Gasteiger partial charge is 0.351 e. The Hall–Kier alpha value is -3.86. The molecule has 1 atom stereocenters. The molecule has 4 amide bonds. The van der Waals surface area contributed by atoms with E-state index < -0.39 is 6.04 Å². The highest BCUT2D eigenvalue weighted by Crippen LogP contribution is 2.15. The minimum Gasteiger partial charge on any atom is -0.351 e. The van der Waals surface area contributed by atoms with Crippen molar-refractivity contribution in [2.24, 2.45) is 0 Å². The van der Waals surface area contributed by atoms with Crippen molar-refractivity contribution in [2.75, 3.05) is 18.4 Å². The fourth-order valence-corrected chi connectivity index (χ4v) is 3.77. The predicted octanol–water partition coefficient (Wildman–Crippen LogP) is 2.73. The average molecular weight is 448 g/mol.